The number of amides is 1. The van der Waals surface area contributed by atoms with E-state index in [-0.39, 0.29) is 11.5 Å². The molecule has 120 valence electrons. The molecule has 1 aromatic carbocycles. The predicted octanol–water partition coefficient (Wildman–Crippen LogP) is 1.56. The zero-order valence-electron chi connectivity index (χ0n) is 13.5. The average molecular weight is 311 g/mol. The molecule has 0 bridgehead atoms. The van der Waals surface area contributed by atoms with Crippen LogP contribution in [0.3, 0.4) is 0 Å². The van der Waals surface area contributed by atoms with Crippen LogP contribution in [0.4, 0.5) is 0 Å². The van der Waals surface area contributed by atoms with Gasteiger partial charge < -0.3 is 4.90 Å². The van der Waals surface area contributed by atoms with Gasteiger partial charge in [0.05, 0.1) is 18.7 Å². The van der Waals surface area contributed by atoms with Gasteiger partial charge in [-0.15, -0.1) is 0 Å². The lowest BCUT2D eigenvalue weighted by Gasteiger charge is -2.39. The summed E-state index contributed by atoms with van der Waals surface area (Å²) < 4.78 is 1.50. The van der Waals surface area contributed by atoms with Gasteiger partial charge in [-0.1, -0.05) is 29.8 Å². The quantitative estimate of drug-likeness (QED) is 0.861. The maximum atomic E-state index is 12.2. The van der Waals surface area contributed by atoms with Gasteiger partial charge in [-0.2, -0.15) is 5.10 Å². The third-order valence-electron chi connectivity index (χ3n) is 4.22. The van der Waals surface area contributed by atoms with Gasteiger partial charge in [0.25, 0.3) is 5.56 Å². The second kappa shape index (κ2) is 6.36. The van der Waals surface area contributed by atoms with Crippen molar-refractivity contribution in [2.75, 3.05) is 13.1 Å². The van der Waals surface area contributed by atoms with Crippen LogP contribution in [-0.2, 0) is 17.8 Å². The van der Waals surface area contributed by atoms with Gasteiger partial charge in [-0.25, -0.2) is 4.68 Å². The number of rotatable bonds is 4. The highest BCUT2D eigenvalue weighted by atomic mass is 16.2. The number of hydrogen-bond acceptors (Lipinski definition) is 3. The van der Waals surface area contributed by atoms with Crippen LogP contribution < -0.4 is 5.56 Å². The van der Waals surface area contributed by atoms with E-state index < -0.39 is 0 Å². The highest BCUT2D eigenvalue weighted by Gasteiger charge is 2.31. The first-order valence-corrected chi connectivity index (χ1v) is 7.89. The van der Waals surface area contributed by atoms with Crippen molar-refractivity contribution in [2.45, 2.75) is 26.8 Å². The molecule has 1 amide bonds. The van der Waals surface area contributed by atoms with E-state index in [1.807, 2.05) is 43.0 Å². The van der Waals surface area contributed by atoms with Crippen LogP contribution in [0.1, 0.15) is 16.8 Å². The van der Waals surface area contributed by atoms with E-state index in [2.05, 4.69) is 5.10 Å². The number of aryl methyl sites for hydroxylation is 2. The van der Waals surface area contributed by atoms with Crippen molar-refractivity contribution in [3.63, 3.8) is 0 Å². The molecule has 2 aromatic rings. The van der Waals surface area contributed by atoms with Gasteiger partial charge in [-0.05, 0) is 25.5 Å². The van der Waals surface area contributed by atoms with Gasteiger partial charge in [0.2, 0.25) is 5.91 Å². The van der Waals surface area contributed by atoms with Gasteiger partial charge in [0, 0.05) is 25.1 Å². The Balaban J connectivity index is 1.52. The van der Waals surface area contributed by atoms with E-state index in [9.17, 15) is 9.59 Å². The summed E-state index contributed by atoms with van der Waals surface area (Å²) in [4.78, 5) is 25.8. The van der Waals surface area contributed by atoms with Gasteiger partial charge in [0.1, 0.15) is 0 Å². The van der Waals surface area contributed by atoms with E-state index in [4.69, 9.17) is 0 Å². The lowest BCUT2D eigenvalue weighted by atomic mass is 9.98. The van der Waals surface area contributed by atoms with Crippen LogP contribution >= 0.6 is 0 Å². The minimum absolute atomic E-state index is 0.0833. The summed E-state index contributed by atoms with van der Waals surface area (Å²) >= 11 is 0. The standard InChI is InChI=1S/C18H21N3O2/c1-13-3-6-15(7-4-13)9-18(23)20-10-16(11-20)12-21-17(22)8-5-14(2)19-21/h3-8,16H,9-12H2,1-2H3. The molecule has 0 N–H and O–H groups in total. The third kappa shape index (κ3) is 3.67. The van der Waals surface area contributed by atoms with Crippen LogP contribution in [0.5, 0.6) is 0 Å². The third-order valence-corrected chi connectivity index (χ3v) is 4.22. The van der Waals surface area contributed by atoms with Crippen LogP contribution in [0.25, 0.3) is 0 Å². The maximum absolute atomic E-state index is 12.2. The molecule has 1 aliphatic heterocycles. The zero-order chi connectivity index (χ0) is 16.4. The molecule has 0 spiro atoms. The fraction of sp³-hybridized carbons (Fsp3) is 0.389. The summed E-state index contributed by atoms with van der Waals surface area (Å²) in [6, 6.07) is 11.3. The van der Waals surface area contributed by atoms with Gasteiger partial charge in [0.15, 0.2) is 0 Å². The molecule has 1 aromatic heterocycles. The lowest BCUT2D eigenvalue weighted by molar-refractivity contribution is -0.137. The molecule has 1 fully saturated rings. The smallest absolute Gasteiger partial charge is 0.266 e. The minimum Gasteiger partial charge on any atom is -0.342 e. The molecular weight excluding hydrogens is 290 g/mol. The molecular formula is C18H21N3O2. The molecule has 0 aliphatic carbocycles. The van der Waals surface area contributed by atoms with Crippen molar-refractivity contribution >= 4 is 5.91 Å². The summed E-state index contributed by atoms with van der Waals surface area (Å²) in [5.74, 6) is 0.457. The molecule has 23 heavy (non-hydrogen) atoms. The molecule has 1 saturated heterocycles. The number of carbonyl (C=O) groups excluding carboxylic acids is 1. The Hall–Kier alpha value is -2.43. The summed E-state index contributed by atoms with van der Waals surface area (Å²) in [5, 5.41) is 4.24. The SMILES string of the molecule is Cc1ccc(CC(=O)N2CC(Cn3nc(C)ccc3=O)C2)cc1. The van der Waals surface area contributed by atoms with Crippen LogP contribution in [0, 0.1) is 19.8 Å². The van der Waals surface area contributed by atoms with E-state index in [1.165, 1.54) is 10.2 Å². The molecule has 0 atom stereocenters. The van der Waals surface area contributed by atoms with Crippen LogP contribution in [0.2, 0.25) is 0 Å². The topological polar surface area (TPSA) is 55.2 Å². The first kappa shape index (κ1) is 15.5. The number of nitrogens with zero attached hydrogens (tertiary/aromatic N) is 3. The van der Waals surface area contributed by atoms with Crippen molar-refractivity contribution in [1.29, 1.82) is 0 Å². The molecule has 3 rings (SSSR count). The minimum atomic E-state index is -0.0833. The highest BCUT2D eigenvalue weighted by Crippen LogP contribution is 2.18. The van der Waals surface area contributed by atoms with Crippen molar-refractivity contribution in [3.05, 3.63) is 63.6 Å². The Morgan fingerprint density at radius 2 is 1.83 bits per heavy atom. The number of carbonyl (C=O) groups is 1. The highest BCUT2D eigenvalue weighted by molar-refractivity contribution is 5.79. The first-order valence-electron chi connectivity index (χ1n) is 7.89. The van der Waals surface area contributed by atoms with E-state index in [0.717, 1.165) is 11.3 Å². The van der Waals surface area contributed by atoms with Crippen molar-refractivity contribution in [1.82, 2.24) is 14.7 Å². The maximum Gasteiger partial charge on any atom is 0.266 e. The second-order valence-corrected chi connectivity index (χ2v) is 6.32. The Morgan fingerprint density at radius 1 is 1.13 bits per heavy atom. The Kier molecular flexibility index (Phi) is 4.28. The molecule has 5 heteroatoms. The van der Waals surface area contributed by atoms with Crippen molar-refractivity contribution in [3.8, 4) is 0 Å². The summed E-state index contributed by atoms with van der Waals surface area (Å²) in [6.07, 6.45) is 0.440. The van der Waals surface area contributed by atoms with E-state index in [0.29, 0.717) is 32.0 Å². The fourth-order valence-electron chi connectivity index (χ4n) is 2.81. The Morgan fingerprint density at radius 3 is 2.52 bits per heavy atom. The first-order chi connectivity index (χ1) is 11.0. The molecule has 5 nitrogen and oxygen atoms in total. The Labute approximate surface area is 135 Å². The van der Waals surface area contributed by atoms with E-state index in [1.54, 1.807) is 12.1 Å². The number of aromatic nitrogens is 2. The summed E-state index contributed by atoms with van der Waals surface area (Å²) in [5.41, 5.74) is 2.98. The fourth-order valence-corrected chi connectivity index (χ4v) is 2.81. The molecule has 1 aliphatic rings. The zero-order valence-corrected chi connectivity index (χ0v) is 13.5. The normalized spacial score (nSPS) is 14.6. The molecule has 0 radical (unpaired) electrons. The van der Waals surface area contributed by atoms with Gasteiger partial charge >= 0.3 is 0 Å². The van der Waals surface area contributed by atoms with Crippen molar-refractivity contribution < 1.29 is 4.79 Å². The van der Waals surface area contributed by atoms with Gasteiger partial charge in [-0.3, -0.25) is 9.59 Å². The summed E-state index contributed by atoms with van der Waals surface area (Å²) in [7, 11) is 0. The monoisotopic (exact) mass is 311 g/mol. The summed E-state index contributed by atoms with van der Waals surface area (Å²) in [6.45, 7) is 5.88. The number of hydrogen-bond donors (Lipinski definition) is 0. The molecule has 2 heterocycles. The molecule has 0 saturated carbocycles. The Bertz CT molecular complexity index is 759. The van der Waals surface area contributed by atoms with Crippen LogP contribution in [-0.4, -0.2) is 33.7 Å². The predicted molar refractivity (Wildman–Crippen MR) is 88.2 cm³/mol. The van der Waals surface area contributed by atoms with Crippen molar-refractivity contribution in [2.24, 2.45) is 5.92 Å². The number of likely N-dealkylation sites (tertiary alicyclic amines) is 1. The van der Waals surface area contributed by atoms with E-state index >= 15 is 0 Å². The number of benzene rings is 1. The lowest BCUT2D eigenvalue weighted by Crippen LogP contribution is -2.52. The average Bonchev–Trinajstić information content (AvgIpc) is 2.48. The molecule has 0 unspecified atom stereocenters. The van der Waals surface area contributed by atoms with Crippen LogP contribution in [0.15, 0.2) is 41.2 Å². The largest absolute Gasteiger partial charge is 0.342 e. The second-order valence-electron chi connectivity index (χ2n) is 6.32.